The second-order valence-electron chi connectivity index (χ2n) is 4.14. The molecule has 0 aromatic carbocycles. The predicted octanol–water partition coefficient (Wildman–Crippen LogP) is 2.22. The molecule has 1 unspecified atom stereocenters. The van der Waals surface area contributed by atoms with Gasteiger partial charge in [-0.1, -0.05) is 20.8 Å². The predicted molar refractivity (Wildman–Crippen MR) is 64.1 cm³/mol. The highest BCUT2D eigenvalue weighted by Gasteiger charge is 2.06. The average molecular weight is 208 g/mol. The number of hydrogen-bond acceptors (Lipinski definition) is 4. The van der Waals surface area contributed by atoms with Crippen molar-refractivity contribution in [3.05, 3.63) is 12.4 Å². The van der Waals surface area contributed by atoms with Crippen LogP contribution in [-0.4, -0.2) is 23.6 Å². The van der Waals surface area contributed by atoms with Gasteiger partial charge in [0.15, 0.2) is 0 Å². The second kappa shape index (κ2) is 5.53. The van der Waals surface area contributed by atoms with E-state index in [1.165, 1.54) is 0 Å². The smallest absolute Gasteiger partial charge is 0.146 e. The Morgan fingerprint density at radius 2 is 1.87 bits per heavy atom. The molecule has 0 aliphatic carbocycles. The Labute approximate surface area is 91.5 Å². The van der Waals surface area contributed by atoms with Crippen LogP contribution in [0.5, 0.6) is 0 Å². The lowest BCUT2D eigenvalue weighted by atomic mass is 9.98. The number of nitrogens with zero attached hydrogens (tertiary/aromatic N) is 2. The van der Waals surface area contributed by atoms with Crippen molar-refractivity contribution in [3.8, 4) is 0 Å². The van der Waals surface area contributed by atoms with E-state index in [0.29, 0.717) is 11.8 Å². The highest BCUT2D eigenvalue weighted by Crippen LogP contribution is 2.11. The van der Waals surface area contributed by atoms with E-state index in [9.17, 15) is 0 Å². The summed E-state index contributed by atoms with van der Waals surface area (Å²) in [5.41, 5.74) is 0. The lowest BCUT2D eigenvalue weighted by Crippen LogP contribution is -2.17. The van der Waals surface area contributed by atoms with Gasteiger partial charge in [0, 0.05) is 13.6 Å². The van der Waals surface area contributed by atoms with Crippen LogP contribution in [0.3, 0.4) is 0 Å². The third-order valence-electron chi connectivity index (χ3n) is 2.63. The Morgan fingerprint density at radius 3 is 2.47 bits per heavy atom. The molecule has 4 nitrogen and oxygen atoms in total. The van der Waals surface area contributed by atoms with Crippen molar-refractivity contribution >= 4 is 11.6 Å². The Hall–Kier alpha value is -1.32. The van der Waals surface area contributed by atoms with Gasteiger partial charge in [0.2, 0.25) is 0 Å². The van der Waals surface area contributed by atoms with Gasteiger partial charge < -0.3 is 10.6 Å². The van der Waals surface area contributed by atoms with Crippen LogP contribution in [0.1, 0.15) is 20.8 Å². The number of anilines is 2. The van der Waals surface area contributed by atoms with Crippen LogP contribution in [0.15, 0.2) is 12.4 Å². The summed E-state index contributed by atoms with van der Waals surface area (Å²) in [6.45, 7) is 7.61. The average Bonchev–Trinajstić information content (AvgIpc) is 2.26. The van der Waals surface area contributed by atoms with Crippen molar-refractivity contribution in [2.45, 2.75) is 20.8 Å². The topological polar surface area (TPSA) is 49.8 Å². The molecule has 0 spiro atoms. The van der Waals surface area contributed by atoms with Crippen molar-refractivity contribution in [2.75, 3.05) is 24.2 Å². The summed E-state index contributed by atoms with van der Waals surface area (Å²) < 4.78 is 0. The summed E-state index contributed by atoms with van der Waals surface area (Å²) in [4.78, 5) is 8.43. The van der Waals surface area contributed by atoms with Gasteiger partial charge in [-0.05, 0) is 11.8 Å². The first-order chi connectivity index (χ1) is 7.13. The van der Waals surface area contributed by atoms with E-state index in [0.717, 1.165) is 18.2 Å². The van der Waals surface area contributed by atoms with Crippen LogP contribution in [0, 0.1) is 11.8 Å². The summed E-state index contributed by atoms with van der Waals surface area (Å²) in [6.07, 6.45) is 3.45. The first-order valence-electron chi connectivity index (χ1n) is 5.37. The summed E-state index contributed by atoms with van der Waals surface area (Å²) in [7, 11) is 1.84. The van der Waals surface area contributed by atoms with Crippen LogP contribution >= 0.6 is 0 Å². The van der Waals surface area contributed by atoms with Crippen molar-refractivity contribution in [1.29, 1.82) is 0 Å². The van der Waals surface area contributed by atoms with E-state index < -0.39 is 0 Å². The van der Waals surface area contributed by atoms with Crippen LogP contribution in [0.25, 0.3) is 0 Å². The third kappa shape index (κ3) is 3.73. The van der Waals surface area contributed by atoms with Gasteiger partial charge in [0.05, 0.1) is 12.4 Å². The van der Waals surface area contributed by atoms with Crippen molar-refractivity contribution in [1.82, 2.24) is 9.97 Å². The molecule has 0 bridgehead atoms. The molecular weight excluding hydrogens is 188 g/mol. The fraction of sp³-hybridized carbons (Fsp3) is 0.636. The van der Waals surface area contributed by atoms with Crippen LogP contribution < -0.4 is 10.6 Å². The first-order valence-corrected chi connectivity index (χ1v) is 5.37. The molecule has 1 heterocycles. The number of hydrogen-bond donors (Lipinski definition) is 2. The largest absolute Gasteiger partial charge is 0.372 e. The van der Waals surface area contributed by atoms with E-state index in [1.807, 2.05) is 7.05 Å². The molecule has 1 aromatic rings. The van der Waals surface area contributed by atoms with E-state index >= 15 is 0 Å². The van der Waals surface area contributed by atoms with Crippen LogP contribution in [0.4, 0.5) is 11.6 Å². The molecule has 0 amide bonds. The summed E-state index contributed by atoms with van der Waals surface area (Å²) >= 11 is 0. The van der Waals surface area contributed by atoms with Gasteiger partial charge in [0.1, 0.15) is 11.6 Å². The fourth-order valence-corrected chi connectivity index (χ4v) is 1.07. The molecule has 0 aliphatic rings. The normalized spacial score (nSPS) is 12.6. The molecule has 1 aromatic heterocycles. The van der Waals surface area contributed by atoms with Gasteiger partial charge in [-0.25, -0.2) is 4.98 Å². The molecule has 0 saturated carbocycles. The number of rotatable bonds is 5. The minimum absolute atomic E-state index is 0.630. The van der Waals surface area contributed by atoms with Crippen LogP contribution in [0.2, 0.25) is 0 Å². The molecule has 15 heavy (non-hydrogen) atoms. The van der Waals surface area contributed by atoms with Crippen LogP contribution in [-0.2, 0) is 0 Å². The number of nitrogens with one attached hydrogen (secondary N) is 2. The highest BCUT2D eigenvalue weighted by molar-refractivity contribution is 5.40. The van der Waals surface area contributed by atoms with Crippen molar-refractivity contribution < 1.29 is 0 Å². The Bertz CT molecular complexity index is 298. The monoisotopic (exact) mass is 208 g/mol. The van der Waals surface area contributed by atoms with E-state index in [2.05, 4.69) is 41.4 Å². The lowest BCUT2D eigenvalue weighted by Gasteiger charge is -2.16. The van der Waals surface area contributed by atoms with E-state index in [-0.39, 0.29) is 0 Å². The maximum Gasteiger partial charge on any atom is 0.146 e. The molecule has 0 saturated heterocycles. The molecule has 0 aliphatic heterocycles. The summed E-state index contributed by atoms with van der Waals surface area (Å²) in [5.74, 6) is 2.93. The fourth-order valence-electron chi connectivity index (χ4n) is 1.07. The van der Waals surface area contributed by atoms with Gasteiger partial charge in [-0.15, -0.1) is 0 Å². The lowest BCUT2D eigenvalue weighted by molar-refractivity contribution is 0.439. The van der Waals surface area contributed by atoms with E-state index in [1.54, 1.807) is 12.4 Å². The zero-order valence-corrected chi connectivity index (χ0v) is 9.91. The molecule has 84 valence electrons. The molecule has 0 fully saturated rings. The quantitative estimate of drug-likeness (QED) is 0.779. The highest BCUT2D eigenvalue weighted by atomic mass is 15.1. The van der Waals surface area contributed by atoms with Gasteiger partial charge in [-0.2, -0.15) is 0 Å². The SMILES string of the molecule is CNc1cncc(NCC(C)C(C)C)n1. The zero-order valence-electron chi connectivity index (χ0n) is 9.91. The maximum absolute atomic E-state index is 4.34. The molecule has 2 N–H and O–H groups in total. The third-order valence-corrected chi connectivity index (χ3v) is 2.63. The molecule has 1 rings (SSSR count). The van der Waals surface area contributed by atoms with Gasteiger partial charge >= 0.3 is 0 Å². The molecule has 1 atom stereocenters. The second-order valence-corrected chi connectivity index (χ2v) is 4.14. The summed E-state index contributed by atoms with van der Waals surface area (Å²) in [5, 5.41) is 6.25. The Balaban J connectivity index is 2.50. The van der Waals surface area contributed by atoms with Crippen molar-refractivity contribution in [2.24, 2.45) is 11.8 Å². The standard InChI is InChI=1S/C11H20N4/c1-8(2)9(3)5-14-11-7-13-6-10(12-4)15-11/h6-9H,5H2,1-4H3,(H2,12,14,15). The number of aromatic nitrogens is 2. The minimum atomic E-state index is 0.630. The van der Waals surface area contributed by atoms with Crippen molar-refractivity contribution in [3.63, 3.8) is 0 Å². The molecular formula is C11H20N4. The minimum Gasteiger partial charge on any atom is -0.372 e. The Morgan fingerprint density at radius 1 is 1.20 bits per heavy atom. The van der Waals surface area contributed by atoms with Gasteiger partial charge in [-0.3, -0.25) is 4.98 Å². The molecule has 4 heteroatoms. The first kappa shape index (κ1) is 11.8. The molecule has 0 radical (unpaired) electrons. The zero-order chi connectivity index (χ0) is 11.3. The summed E-state index contributed by atoms with van der Waals surface area (Å²) in [6, 6.07) is 0. The van der Waals surface area contributed by atoms with E-state index in [4.69, 9.17) is 0 Å². The maximum atomic E-state index is 4.34. The van der Waals surface area contributed by atoms with Gasteiger partial charge in [0.25, 0.3) is 0 Å². The Kier molecular flexibility index (Phi) is 4.34.